The van der Waals surface area contributed by atoms with E-state index in [9.17, 15) is 9.59 Å². The minimum absolute atomic E-state index is 0.251. The summed E-state index contributed by atoms with van der Waals surface area (Å²) in [6.45, 7) is 0. The Bertz CT molecular complexity index is 676. The highest BCUT2D eigenvalue weighted by Gasteiger charge is 2.40. The Morgan fingerprint density at radius 3 is 2.33 bits per heavy atom. The lowest BCUT2D eigenvalue weighted by molar-refractivity contribution is -0.116. The van der Waals surface area contributed by atoms with Gasteiger partial charge < -0.3 is 5.32 Å². The summed E-state index contributed by atoms with van der Waals surface area (Å²) in [6, 6.07) is 16.4. The first-order valence-corrected chi connectivity index (χ1v) is 7.94. The highest BCUT2D eigenvalue weighted by atomic mass is 79.9. The standard InChI is InChI=1S/C15H11BrN2O2S/c16-10-6-8-11(9-7-10)17-13-14(19)18(15(20)21-13)12-4-2-1-3-5-12/h1-9,13,17H/t13-/m1/s1. The van der Waals surface area contributed by atoms with Crippen molar-refractivity contribution in [2.24, 2.45) is 0 Å². The molecule has 6 heteroatoms. The summed E-state index contributed by atoms with van der Waals surface area (Å²) >= 11 is 4.35. The number of rotatable bonds is 3. The molecular weight excluding hydrogens is 352 g/mol. The summed E-state index contributed by atoms with van der Waals surface area (Å²) < 4.78 is 0.959. The molecular formula is C15H11BrN2O2S. The van der Waals surface area contributed by atoms with Crippen LogP contribution in [0.5, 0.6) is 0 Å². The van der Waals surface area contributed by atoms with Gasteiger partial charge in [0, 0.05) is 10.2 Å². The number of nitrogens with zero attached hydrogens (tertiary/aromatic N) is 1. The molecule has 0 saturated carbocycles. The Balaban J connectivity index is 1.79. The van der Waals surface area contributed by atoms with Crippen molar-refractivity contribution in [2.45, 2.75) is 5.37 Å². The van der Waals surface area contributed by atoms with Crippen LogP contribution in [0.4, 0.5) is 16.2 Å². The number of imide groups is 1. The van der Waals surface area contributed by atoms with Crippen LogP contribution in [-0.4, -0.2) is 16.5 Å². The Labute approximate surface area is 134 Å². The number of amides is 2. The zero-order valence-corrected chi connectivity index (χ0v) is 13.2. The van der Waals surface area contributed by atoms with Gasteiger partial charge in [-0.15, -0.1) is 0 Å². The maximum absolute atomic E-state index is 12.4. The average molecular weight is 363 g/mol. The summed E-state index contributed by atoms with van der Waals surface area (Å²) in [5.41, 5.74) is 1.40. The number of halogens is 1. The fourth-order valence-corrected chi connectivity index (χ4v) is 3.18. The molecule has 2 aromatic carbocycles. The molecule has 1 heterocycles. The predicted octanol–water partition coefficient (Wildman–Crippen LogP) is 4.09. The highest BCUT2D eigenvalue weighted by Crippen LogP contribution is 2.32. The van der Waals surface area contributed by atoms with Crippen LogP contribution in [0.2, 0.25) is 0 Å². The first kappa shape index (κ1) is 14.2. The number of carbonyl (C=O) groups excluding carboxylic acids is 2. The maximum atomic E-state index is 12.4. The van der Waals surface area contributed by atoms with E-state index in [-0.39, 0.29) is 11.1 Å². The normalized spacial score (nSPS) is 18.1. The van der Waals surface area contributed by atoms with Gasteiger partial charge in [-0.25, -0.2) is 4.90 Å². The van der Waals surface area contributed by atoms with Crippen LogP contribution in [0, 0.1) is 0 Å². The average Bonchev–Trinajstić information content (AvgIpc) is 2.77. The Hall–Kier alpha value is -1.79. The number of benzene rings is 2. The second-order valence-electron chi connectivity index (χ2n) is 4.42. The highest BCUT2D eigenvalue weighted by molar-refractivity contribution is 9.10. The molecule has 106 valence electrons. The topological polar surface area (TPSA) is 49.4 Å². The monoisotopic (exact) mass is 362 g/mol. The molecule has 2 aromatic rings. The smallest absolute Gasteiger partial charge is 0.295 e. The molecule has 1 aliphatic heterocycles. The van der Waals surface area contributed by atoms with Crippen molar-refractivity contribution >= 4 is 50.2 Å². The van der Waals surface area contributed by atoms with Crippen molar-refractivity contribution in [2.75, 3.05) is 10.2 Å². The van der Waals surface area contributed by atoms with Crippen molar-refractivity contribution < 1.29 is 9.59 Å². The Kier molecular flexibility index (Phi) is 3.98. The fraction of sp³-hybridized carbons (Fsp3) is 0.0667. The number of hydrogen-bond acceptors (Lipinski definition) is 4. The first-order valence-electron chi connectivity index (χ1n) is 6.27. The molecule has 1 N–H and O–H groups in total. The summed E-state index contributed by atoms with van der Waals surface area (Å²) in [6.07, 6.45) is 0. The van der Waals surface area contributed by atoms with Gasteiger partial charge in [-0.05, 0) is 48.2 Å². The van der Waals surface area contributed by atoms with Crippen molar-refractivity contribution in [1.82, 2.24) is 0 Å². The predicted molar refractivity (Wildman–Crippen MR) is 88.5 cm³/mol. The third-order valence-electron chi connectivity index (χ3n) is 3.00. The maximum Gasteiger partial charge on any atom is 0.295 e. The summed E-state index contributed by atoms with van der Waals surface area (Å²) in [4.78, 5) is 25.7. The van der Waals surface area contributed by atoms with Gasteiger partial charge in [0.2, 0.25) is 0 Å². The van der Waals surface area contributed by atoms with Crippen molar-refractivity contribution in [3.05, 3.63) is 59.1 Å². The molecule has 1 saturated heterocycles. The molecule has 0 radical (unpaired) electrons. The van der Waals surface area contributed by atoms with Gasteiger partial charge in [-0.1, -0.05) is 34.1 Å². The lowest BCUT2D eigenvalue weighted by atomic mass is 10.3. The van der Waals surface area contributed by atoms with E-state index in [1.54, 1.807) is 24.3 Å². The number of nitrogens with one attached hydrogen (secondary N) is 1. The van der Waals surface area contributed by atoms with E-state index in [0.717, 1.165) is 21.9 Å². The number of hydrogen-bond donors (Lipinski definition) is 1. The van der Waals surface area contributed by atoms with Gasteiger partial charge in [-0.3, -0.25) is 9.59 Å². The second-order valence-corrected chi connectivity index (χ2v) is 6.40. The number of para-hydroxylation sites is 1. The molecule has 0 bridgehead atoms. The molecule has 2 amide bonds. The summed E-state index contributed by atoms with van der Waals surface area (Å²) in [5, 5.41) is 2.22. The van der Waals surface area contributed by atoms with Crippen LogP contribution >= 0.6 is 27.7 Å². The third kappa shape index (κ3) is 2.96. The molecule has 0 spiro atoms. The summed E-state index contributed by atoms with van der Waals surface area (Å²) in [5.74, 6) is -0.251. The molecule has 0 aromatic heterocycles. The van der Waals surface area contributed by atoms with Crippen LogP contribution in [0.15, 0.2) is 59.1 Å². The van der Waals surface area contributed by atoms with Crippen LogP contribution in [-0.2, 0) is 4.79 Å². The Morgan fingerprint density at radius 2 is 1.67 bits per heavy atom. The molecule has 21 heavy (non-hydrogen) atoms. The van der Waals surface area contributed by atoms with Gasteiger partial charge >= 0.3 is 0 Å². The van der Waals surface area contributed by atoms with Crippen molar-refractivity contribution in [3.8, 4) is 0 Å². The minimum Gasteiger partial charge on any atom is -0.365 e. The Morgan fingerprint density at radius 1 is 1.00 bits per heavy atom. The molecule has 1 aliphatic rings. The van der Waals surface area contributed by atoms with Gasteiger partial charge in [0.1, 0.15) is 0 Å². The fourth-order valence-electron chi connectivity index (χ4n) is 2.01. The molecule has 1 fully saturated rings. The van der Waals surface area contributed by atoms with Crippen LogP contribution in [0.1, 0.15) is 0 Å². The number of anilines is 2. The van der Waals surface area contributed by atoms with Crippen molar-refractivity contribution in [3.63, 3.8) is 0 Å². The molecule has 0 aliphatic carbocycles. The van der Waals surface area contributed by atoms with E-state index in [4.69, 9.17) is 0 Å². The lowest BCUT2D eigenvalue weighted by Crippen LogP contribution is -2.34. The quantitative estimate of drug-likeness (QED) is 0.893. The van der Waals surface area contributed by atoms with Crippen LogP contribution < -0.4 is 10.2 Å². The van der Waals surface area contributed by atoms with E-state index in [1.165, 1.54) is 4.90 Å². The van der Waals surface area contributed by atoms with E-state index in [0.29, 0.717) is 5.69 Å². The second kappa shape index (κ2) is 5.91. The third-order valence-corrected chi connectivity index (χ3v) is 4.47. The van der Waals surface area contributed by atoms with E-state index < -0.39 is 5.37 Å². The lowest BCUT2D eigenvalue weighted by Gasteiger charge is -2.14. The van der Waals surface area contributed by atoms with Crippen molar-refractivity contribution in [1.29, 1.82) is 0 Å². The van der Waals surface area contributed by atoms with E-state index in [1.807, 2.05) is 30.3 Å². The first-order chi connectivity index (χ1) is 10.1. The van der Waals surface area contributed by atoms with Gasteiger partial charge in [0.25, 0.3) is 11.1 Å². The number of carbonyl (C=O) groups is 2. The van der Waals surface area contributed by atoms with Gasteiger partial charge in [0.15, 0.2) is 5.37 Å². The summed E-state index contributed by atoms with van der Waals surface area (Å²) in [7, 11) is 0. The largest absolute Gasteiger partial charge is 0.365 e. The molecule has 0 unspecified atom stereocenters. The molecule has 1 atom stereocenters. The zero-order valence-electron chi connectivity index (χ0n) is 10.8. The number of thioether (sulfide) groups is 1. The van der Waals surface area contributed by atoms with E-state index in [2.05, 4.69) is 21.2 Å². The molecule has 4 nitrogen and oxygen atoms in total. The van der Waals surface area contributed by atoms with Crippen LogP contribution in [0.3, 0.4) is 0 Å². The SMILES string of the molecule is O=C1S[C@@H](Nc2ccc(Br)cc2)C(=O)N1c1ccccc1. The minimum atomic E-state index is -0.598. The molecule has 3 rings (SSSR count). The zero-order chi connectivity index (χ0) is 14.8. The van der Waals surface area contributed by atoms with Crippen LogP contribution in [0.25, 0.3) is 0 Å². The van der Waals surface area contributed by atoms with Gasteiger partial charge in [0.05, 0.1) is 5.69 Å². The van der Waals surface area contributed by atoms with Gasteiger partial charge in [-0.2, -0.15) is 0 Å². The van der Waals surface area contributed by atoms with E-state index >= 15 is 0 Å².